The molecule has 0 saturated carbocycles. The zero-order chi connectivity index (χ0) is 14.7. The van der Waals surface area contributed by atoms with E-state index in [-0.39, 0.29) is 22.1 Å². The number of nitrogens with one attached hydrogen (secondary N) is 1. The maximum atomic E-state index is 11.6. The minimum Gasteiger partial charge on any atom is -0.495 e. The van der Waals surface area contributed by atoms with Crippen LogP contribution in [0.15, 0.2) is 23.1 Å². The van der Waals surface area contributed by atoms with E-state index in [2.05, 4.69) is 4.72 Å². The molecular weight excluding hydrogens is 314 g/mol. The van der Waals surface area contributed by atoms with Crippen molar-refractivity contribution in [1.82, 2.24) is 0 Å². The Labute approximate surface area is 117 Å². The molecule has 6 nitrogen and oxygen atoms in total. The molecule has 0 unspecified atom stereocenters. The third-order valence-corrected chi connectivity index (χ3v) is 5.01. The van der Waals surface area contributed by atoms with Gasteiger partial charge in [0.05, 0.1) is 18.6 Å². The number of ether oxygens (including phenoxy) is 1. The minimum absolute atomic E-state index is 0.0495. The average Bonchev–Trinajstić information content (AvgIpc) is 2.27. The number of hydrogen-bond acceptors (Lipinski definition) is 5. The smallest absolute Gasteiger partial charge is 0.265 e. The van der Waals surface area contributed by atoms with Gasteiger partial charge in [0, 0.05) is 10.7 Å². The number of hydrogen-bond donors (Lipinski definition) is 1. The van der Waals surface area contributed by atoms with Crippen LogP contribution in [-0.2, 0) is 19.1 Å². The van der Waals surface area contributed by atoms with Crippen molar-refractivity contribution in [2.45, 2.75) is 18.2 Å². The second kappa shape index (κ2) is 5.98. The van der Waals surface area contributed by atoms with E-state index in [0.717, 1.165) is 6.07 Å². The van der Waals surface area contributed by atoms with Gasteiger partial charge in [0.25, 0.3) is 9.05 Å². The highest BCUT2D eigenvalue weighted by atomic mass is 35.7. The summed E-state index contributed by atoms with van der Waals surface area (Å²) < 4.78 is 53.1. The van der Waals surface area contributed by atoms with Crippen LogP contribution in [0.4, 0.5) is 5.69 Å². The van der Waals surface area contributed by atoms with E-state index in [4.69, 9.17) is 15.4 Å². The van der Waals surface area contributed by atoms with Crippen molar-refractivity contribution in [3.8, 4) is 5.75 Å². The van der Waals surface area contributed by atoms with Crippen LogP contribution >= 0.6 is 10.7 Å². The molecule has 0 spiro atoms. The van der Waals surface area contributed by atoms with Crippen molar-refractivity contribution >= 4 is 35.4 Å². The summed E-state index contributed by atoms with van der Waals surface area (Å²) >= 11 is 0. The van der Waals surface area contributed by atoms with Gasteiger partial charge in [-0.2, -0.15) is 0 Å². The molecule has 108 valence electrons. The van der Waals surface area contributed by atoms with E-state index in [1.807, 2.05) is 0 Å². The van der Waals surface area contributed by atoms with Crippen molar-refractivity contribution in [2.75, 3.05) is 17.6 Å². The molecule has 1 rings (SSSR count). The molecule has 0 bridgehead atoms. The van der Waals surface area contributed by atoms with Gasteiger partial charge in [-0.1, -0.05) is 6.92 Å². The lowest BCUT2D eigenvalue weighted by molar-refractivity contribution is 0.403. The molecule has 1 aromatic carbocycles. The van der Waals surface area contributed by atoms with Crippen LogP contribution in [-0.4, -0.2) is 29.7 Å². The molecule has 0 aliphatic heterocycles. The van der Waals surface area contributed by atoms with Gasteiger partial charge in [0.1, 0.15) is 10.6 Å². The molecule has 9 heteroatoms. The topological polar surface area (TPSA) is 89.5 Å². The molecule has 0 atom stereocenters. The highest BCUT2D eigenvalue weighted by molar-refractivity contribution is 8.13. The third-order valence-electron chi connectivity index (χ3n) is 2.17. The van der Waals surface area contributed by atoms with E-state index in [9.17, 15) is 16.8 Å². The molecule has 0 fully saturated rings. The molecule has 0 aliphatic rings. The summed E-state index contributed by atoms with van der Waals surface area (Å²) in [7, 11) is -0.963. The number of rotatable bonds is 6. The van der Waals surface area contributed by atoms with Crippen LogP contribution in [0.2, 0.25) is 0 Å². The number of methoxy groups -OCH3 is 1. The molecule has 0 aromatic heterocycles. The van der Waals surface area contributed by atoms with Crippen LogP contribution in [0.3, 0.4) is 0 Å². The quantitative estimate of drug-likeness (QED) is 0.804. The van der Waals surface area contributed by atoms with E-state index >= 15 is 0 Å². The fourth-order valence-electron chi connectivity index (χ4n) is 1.43. The Morgan fingerprint density at radius 1 is 1.26 bits per heavy atom. The van der Waals surface area contributed by atoms with Gasteiger partial charge < -0.3 is 4.74 Å². The predicted octanol–water partition coefficient (Wildman–Crippen LogP) is 1.77. The van der Waals surface area contributed by atoms with Gasteiger partial charge in [-0.25, -0.2) is 16.8 Å². The lowest BCUT2D eigenvalue weighted by Crippen LogP contribution is -2.16. The maximum Gasteiger partial charge on any atom is 0.265 e. The van der Waals surface area contributed by atoms with Crippen LogP contribution < -0.4 is 9.46 Å². The molecule has 19 heavy (non-hydrogen) atoms. The average molecular weight is 328 g/mol. The zero-order valence-electron chi connectivity index (χ0n) is 10.4. The second-order valence-corrected chi connectivity index (χ2v) is 8.10. The first-order valence-electron chi connectivity index (χ1n) is 5.33. The van der Waals surface area contributed by atoms with Gasteiger partial charge in [0.2, 0.25) is 10.0 Å². The minimum atomic E-state index is -4.02. The van der Waals surface area contributed by atoms with Crippen molar-refractivity contribution < 1.29 is 21.6 Å². The number of halogens is 1. The summed E-state index contributed by atoms with van der Waals surface area (Å²) in [4.78, 5) is -0.284. The Hall–Kier alpha value is -0.990. The summed E-state index contributed by atoms with van der Waals surface area (Å²) in [6.07, 6.45) is 0.451. The van der Waals surface area contributed by atoms with Gasteiger partial charge in [-0.15, -0.1) is 0 Å². The molecular formula is C10H14ClNO5S2. The van der Waals surface area contributed by atoms with Crippen LogP contribution in [0.1, 0.15) is 13.3 Å². The second-order valence-electron chi connectivity index (χ2n) is 3.72. The summed E-state index contributed by atoms with van der Waals surface area (Å²) in [5.74, 6) is -0.00410. The number of anilines is 1. The molecule has 0 heterocycles. The molecule has 0 aliphatic carbocycles. The van der Waals surface area contributed by atoms with Crippen molar-refractivity contribution in [3.63, 3.8) is 0 Å². The highest BCUT2D eigenvalue weighted by Crippen LogP contribution is 2.30. The monoisotopic (exact) mass is 327 g/mol. The van der Waals surface area contributed by atoms with Gasteiger partial charge in [-0.05, 0) is 24.6 Å². The van der Waals surface area contributed by atoms with Gasteiger partial charge >= 0.3 is 0 Å². The van der Waals surface area contributed by atoms with E-state index in [0.29, 0.717) is 6.42 Å². The van der Waals surface area contributed by atoms with Crippen molar-refractivity contribution in [1.29, 1.82) is 0 Å². The van der Waals surface area contributed by atoms with Gasteiger partial charge in [0.15, 0.2) is 0 Å². The summed E-state index contributed by atoms with van der Waals surface area (Å²) in [5.41, 5.74) is 0.119. The van der Waals surface area contributed by atoms with E-state index in [1.54, 1.807) is 6.92 Å². The highest BCUT2D eigenvalue weighted by Gasteiger charge is 2.18. The Balaban J connectivity index is 3.20. The van der Waals surface area contributed by atoms with Crippen molar-refractivity contribution in [3.05, 3.63) is 18.2 Å². The molecule has 0 amide bonds. The molecule has 1 aromatic rings. The Morgan fingerprint density at radius 2 is 1.89 bits per heavy atom. The van der Waals surface area contributed by atoms with E-state index < -0.39 is 19.1 Å². The molecule has 0 saturated heterocycles. The predicted molar refractivity (Wildman–Crippen MR) is 73.7 cm³/mol. The molecule has 0 radical (unpaired) electrons. The fraction of sp³-hybridized carbons (Fsp3) is 0.400. The fourth-order valence-corrected chi connectivity index (χ4v) is 3.58. The first-order valence-corrected chi connectivity index (χ1v) is 9.29. The van der Waals surface area contributed by atoms with Crippen LogP contribution in [0.25, 0.3) is 0 Å². The SMILES string of the molecule is CCCS(=O)(=O)Nc1ccc(OC)c(S(=O)(=O)Cl)c1. The normalized spacial score (nSPS) is 12.2. The maximum absolute atomic E-state index is 11.6. The first kappa shape index (κ1) is 16.1. The largest absolute Gasteiger partial charge is 0.495 e. The van der Waals surface area contributed by atoms with Crippen LogP contribution in [0.5, 0.6) is 5.75 Å². The number of benzene rings is 1. The lowest BCUT2D eigenvalue weighted by atomic mass is 10.3. The first-order chi connectivity index (χ1) is 8.69. The molecule has 1 N–H and O–H groups in total. The summed E-state index contributed by atoms with van der Waals surface area (Å²) in [6.45, 7) is 1.72. The lowest BCUT2D eigenvalue weighted by Gasteiger charge is -2.10. The summed E-state index contributed by atoms with van der Waals surface area (Å²) in [5, 5.41) is 0. The van der Waals surface area contributed by atoms with Crippen LogP contribution in [0, 0.1) is 0 Å². The zero-order valence-corrected chi connectivity index (χ0v) is 12.8. The summed E-state index contributed by atoms with van der Waals surface area (Å²) in [6, 6.07) is 3.85. The number of sulfonamides is 1. The third kappa shape index (κ3) is 4.55. The van der Waals surface area contributed by atoms with E-state index in [1.165, 1.54) is 19.2 Å². The Kier molecular flexibility index (Phi) is 5.05. The Bertz CT molecular complexity index is 654. The van der Waals surface area contributed by atoms with Gasteiger partial charge in [-0.3, -0.25) is 4.72 Å². The Morgan fingerprint density at radius 3 is 2.37 bits per heavy atom. The standard InChI is InChI=1S/C10H14ClNO5S2/c1-3-6-18(13,14)12-8-4-5-9(17-2)10(7-8)19(11,15)16/h4-5,7,12H,3,6H2,1-2H3. The van der Waals surface area contributed by atoms with Crippen molar-refractivity contribution in [2.24, 2.45) is 0 Å².